The molecule has 0 atom stereocenters. The number of para-hydroxylation sites is 1. The van der Waals surface area contributed by atoms with Gasteiger partial charge in [-0.3, -0.25) is 9.69 Å². The van der Waals surface area contributed by atoms with Crippen molar-refractivity contribution in [2.45, 2.75) is 19.4 Å². The van der Waals surface area contributed by atoms with Crippen molar-refractivity contribution in [3.05, 3.63) is 66.2 Å². The summed E-state index contributed by atoms with van der Waals surface area (Å²) in [7, 11) is 0. The fraction of sp³-hybridized carbons (Fsp3) is 0.381. The normalized spacial score (nSPS) is 15.7. The van der Waals surface area contributed by atoms with Crippen molar-refractivity contribution < 1.29 is 9.53 Å². The van der Waals surface area contributed by atoms with Crippen molar-refractivity contribution in [3.63, 3.8) is 0 Å². The van der Waals surface area contributed by atoms with Crippen LogP contribution in [-0.4, -0.2) is 37.0 Å². The molecule has 1 aliphatic heterocycles. The third-order valence-electron chi connectivity index (χ3n) is 4.69. The third-order valence-corrected chi connectivity index (χ3v) is 4.69. The summed E-state index contributed by atoms with van der Waals surface area (Å²) in [5, 5.41) is 3.07. The summed E-state index contributed by atoms with van der Waals surface area (Å²) in [6.07, 6.45) is 1.85. The number of carbonyl (C=O) groups is 1. The molecule has 2 aromatic rings. The number of benzene rings is 2. The Hall–Kier alpha value is -2.33. The molecule has 0 radical (unpaired) electrons. The lowest BCUT2D eigenvalue weighted by molar-refractivity contribution is -0.126. The number of likely N-dealkylation sites (tertiary alicyclic amines) is 1. The second-order valence-electron chi connectivity index (χ2n) is 6.48. The van der Waals surface area contributed by atoms with Crippen LogP contribution in [-0.2, 0) is 11.3 Å². The van der Waals surface area contributed by atoms with Crippen LogP contribution < -0.4 is 10.1 Å². The molecule has 0 aliphatic carbocycles. The monoisotopic (exact) mass is 338 g/mol. The number of ether oxygens (including phenoxy) is 1. The van der Waals surface area contributed by atoms with E-state index in [-0.39, 0.29) is 11.8 Å². The maximum atomic E-state index is 12.3. The number of rotatable bonds is 7. The number of hydrogen-bond acceptors (Lipinski definition) is 3. The van der Waals surface area contributed by atoms with E-state index in [1.807, 2.05) is 60.7 Å². The Kier molecular flexibility index (Phi) is 6.46. The molecule has 4 heteroatoms. The molecule has 3 rings (SSSR count). The number of nitrogens with one attached hydrogen (secondary N) is 1. The molecule has 1 heterocycles. The van der Waals surface area contributed by atoms with Gasteiger partial charge in [0.05, 0.1) is 0 Å². The highest BCUT2D eigenvalue weighted by Gasteiger charge is 2.24. The molecule has 1 saturated heterocycles. The molecule has 4 nitrogen and oxygen atoms in total. The lowest BCUT2D eigenvalue weighted by Crippen LogP contribution is -2.41. The quantitative estimate of drug-likeness (QED) is 0.843. The maximum absolute atomic E-state index is 12.3. The minimum absolute atomic E-state index is 0.134. The van der Waals surface area contributed by atoms with Crippen molar-refractivity contribution >= 4 is 5.91 Å². The summed E-state index contributed by atoms with van der Waals surface area (Å²) >= 11 is 0. The molecule has 1 fully saturated rings. The topological polar surface area (TPSA) is 41.6 Å². The first-order valence-electron chi connectivity index (χ1n) is 9.03. The van der Waals surface area contributed by atoms with Crippen LogP contribution >= 0.6 is 0 Å². The fourth-order valence-corrected chi connectivity index (χ4v) is 3.16. The van der Waals surface area contributed by atoms with Gasteiger partial charge in [-0.05, 0) is 43.6 Å². The van der Waals surface area contributed by atoms with Gasteiger partial charge in [0.2, 0.25) is 5.91 Å². The average Bonchev–Trinajstić information content (AvgIpc) is 2.68. The Morgan fingerprint density at radius 2 is 1.64 bits per heavy atom. The van der Waals surface area contributed by atoms with Crippen LogP contribution in [0.1, 0.15) is 18.4 Å². The van der Waals surface area contributed by atoms with Gasteiger partial charge in [-0.25, -0.2) is 0 Å². The summed E-state index contributed by atoms with van der Waals surface area (Å²) < 4.78 is 5.75. The molecule has 2 aromatic carbocycles. The smallest absolute Gasteiger partial charge is 0.223 e. The van der Waals surface area contributed by atoms with E-state index in [2.05, 4.69) is 10.2 Å². The Bertz CT molecular complexity index is 637. The zero-order valence-electron chi connectivity index (χ0n) is 14.6. The second-order valence-corrected chi connectivity index (χ2v) is 6.48. The molecule has 0 bridgehead atoms. The maximum Gasteiger partial charge on any atom is 0.223 e. The van der Waals surface area contributed by atoms with Crippen LogP contribution in [0.4, 0.5) is 0 Å². The van der Waals surface area contributed by atoms with E-state index < -0.39 is 0 Å². The van der Waals surface area contributed by atoms with Crippen LogP contribution in [0, 0.1) is 5.92 Å². The van der Waals surface area contributed by atoms with Gasteiger partial charge >= 0.3 is 0 Å². The van der Waals surface area contributed by atoms with E-state index in [0.717, 1.165) is 43.8 Å². The predicted octanol–water partition coefficient (Wildman–Crippen LogP) is 3.09. The lowest BCUT2D eigenvalue weighted by atomic mass is 9.96. The Morgan fingerprint density at radius 1 is 1.00 bits per heavy atom. The summed E-state index contributed by atoms with van der Waals surface area (Å²) in [5.74, 6) is 1.23. The first-order valence-corrected chi connectivity index (χ1v) is 9.03. The molecule has 1 amide bonds. The largest absolute Gasteiger partial charge is 0.492 e. The van der Waals surface area contributed by atoms with Gasteiger partial charge < -0.3 is 10.1 Å². The van der Waals surface area contributed by atoms with Gasteiger partial charge in [-0.15, -0.1) is 0 Å². The molecule has 1 N–H and O–H groups in total. The Morgan fingerprint density at radius 3 is 2.32 bits per heavy atom. The average molecular weight is 338 g/mol. The van der Waals surface area contributed by atoms with Gasteiger partial charge in [0.25, 0.3) is 0 Å². The van der Waals surface area contributed by atoms with Crippen LogP contribution in [0.3, 0.4) is 0 Å². The molecule has 0 spiro atoms. The molecule has 132 valence electrons. The van der Waals surface area contributed by atoms with E-state index in [4.69, 9.17) is 4.74 Å². The summed E-state index contributed by atoms with van der Waals surface area (Å²) in [6, 6.07) is 20.0. The Balaban J connectivity index is 1.33. The van der Waals surface area contributed by atoms with Crippen LogP contribution in [0.15, 0.2) is 60.7 Å². The van der Waals surface area contributed by atoms with Crippen LogP contribution in [0.2, 0.25) is 0 Å². The minimum atomic E-state index is 0.134. The predicted molar refractivity (Wildman–Crippen MR) is 99.4 cm³/mol. The molecule has 0 saturated carbocycles. The van der Waals surface area contributed by atoms with Gasteiger partial charge in [0.1, 0.15) is 12.4 Å². The molecule has 0 unspecified atom stereocenters. The SMILES string of the molecule is O=C(NCc1ccccc1)C1CCN(CCOc2ccccc2)CC1. The van der Waals surface area contributed by atoms with Crippen molar-refractivity contribution in [2.24, 2.45) is 5.92 Å². The van der Waals surface area contributed by atoms with Gasteiger partial charge in [0, 0.05) is 19.0 Å². The van der Waals surface area contributed by atoms with Crippen molar-refractivity contribution in [3.8, 4) is 5.75 Å². The van der Waals surface area contributed by atoms with Crippen LogP contribution in [0.25, 0.3) is 0 Å². The third kappa shape index (κ3) is 5.61. The number of amides is 1. The second kappa shape index (κ2) is 9.23. The van der Waals surface area contributed by atoms with E-state index in [0.29, 0.717) is 13.2 Å². The van der Waals surface area contributed by atoms with Gasteiger partial charge in [-0.1, -0.05) is 48.5 Å². The standard InChI is InChI=1S/C21H26N2O2/c24-21(22-17-18-7-3-1-4-8-18)19-11-13-23(14-12-19)15-16-25-20-9-5-2-6-10-20/h1-10,19H,11-17H2,(H,22,24). The highest BCUT2D eigenvalue weighted by Crippen LogP contribution is 2.17. The van der Waals surface area contributed by atoms with E-state index in [1.165, 1.54) is 0 Å². The van der Waals surface area contributed by atoms with Crippen LogP contribution in [0.5, 0.6) is 5.75 Å². The molecule has 25 heavy (non-hydrogen) atoms. The summed E-state index contributed by atoms with van der Waals surface area (Å²) in [4.78, 5) is 14.7. The van der Waals surface area contributed by atoms with Crippen molar-refractivity contribution in [1.82, 2.24) is 10.2 Å². The number of piperidine rings is 1. The number of carbonyl (C=O) groups excluding carboxylic acids is 1. The molecule has 0 aromatic heterocycles. The van der Waals surface area contributed by atoms with E-state index >= 15 is 0 Å². The zero-order chi connectivity index (χ0) is 17.3. The molecule has 1 aliphatic rings. The zero-order valence-corrected chi connectivity index (χ0v) is 14.6. The number of hydrogen-bond donors (Lipinski definition) is 1. The highest BCUT2D eigenvalue weighted by atomic mass is 16.5. The molecular formula is C21H26N2O2. The fourth-order valence-electron chi connectivity index (χ4n) is 3.16. The first kappa shape index (κ1) is 17.5. The van der Waals surface area contributed by atoms with Crippen molar-refractivity contribution in [2.75, 3.05) is 26.2 Å². The molecular weight excluding hydrogens is 312 g/mol. The highest BCUT2D eigenvalue weighted by molar-refractivity contribution is 5.78. The first-order chi connectivity index (χ1) is 12.3. The van der Waals surface area contributed by atoms with E-state index in [9.17, 15) is 4.79 Å². The number of nitrogens with zero attached hydrogens (tertiary/aromatic N) is 1. The summed E-state index contributed by atoms with van der Waals surface area (Å²) in [6.45, 7) is 4.14. The minimum Gasteiger partial charge on any atom is -0.492 e. The van der Waals surface area contributed by atoms with Gasteiger partial charge in [0.15, 0.2) is 0 Å². The lowest BCUT2D eigenvalue weighted by Gasteiger charge is -2.31. The van der Waals surface area contributed by atoms with E-state index in [1.54, 1.807) is 0 Å². The Labute approximate surface area is 149 Å². The van der Waals surface area contributed by atoms with Crippen molar-refractivity contribution in [1.29, 1.82) is 0 Å². The summed E-state index contributed by atoms with van der Waals surface area (Å²) in [5.41, 5.74) is 1.14. The van der Waals surface area contributed by atoms with Gasteiger partial charge in [-0.2, -0.15) is 0 Å².